The number of nitrogens with zero attached hydrogens (tertiary/aromatic N) is 3. The number of likely N-dealkylation sites (tertiary alicyclic amines) is 1. The second kappa shape index (κ2) is 11.4. The molecule has 1 aromatic heterocycles. The summed E-state index contributed by atoms with van der Waals surface area (Å²) < 4.78 is 0. The van der Waals surface area contributed by atoms with Crippen LogP contribution >= 0.6 is 35.3 Å². The second-order valence-corrected chi connectivity index (χ2v) is 7.76. The Balaban J connectivity index is 0.00000280. The molecular weight excluding hydrogens is 485 g/mol. The lowest BCUT2D eigenvalue weighted by Gasteiger charge is -2.16. The molecule has 1 saturated heterocycles. The van der Waals surface area contributed by atoms with E-state index in [0.29, 0.717) is 19.5 Å². The topological polar surface area (TPSA) is 69.6 Å². The minimum atomic E-state index is 0. The summed E-state index contributed by atoms with van der Waals surface area (Å²) in [6.07, 6.45) is 2.54. The number of benzene rings is 1. The highest BCUT2D eigenvalue weighted by molar-refractivity contribution is 14.0. The van der Waals surface area contributed by atoms with Crippen LogP contribution in [0.3, 0.4) is 0 Å². The van der Waals surface area contributed by atoms with E-state index in [1.807, 2.05) is 17.9 Å². The van der Waals surface area contributed by atoms with Crippen LogP contribution in [0, 0.1) is 6.92 Å². The second-order valence-electron chi connectivity index (χ2n) is 6.70. The van der Waals surface area contributed by atoms with Crippen molar-refractivity contribution in [1.82, 2.24) is 20.5 Å². The predicted octanol–water partition coefficient (Wildman–Crippen LogP) is 3.10. The molecule has 1 aliphatic rings. The molecule has 0 bridgehead atoms. The van der Waals surface area contributed by atoms with E-state index in [9.17, 15) is 4.79 Å². The Morgan fingerprint density at radius 1 is 1.32 bits per heavy atom. The Bertz CT molecular complexity index is 807. The zero-order valence-corrected chi connectivity index (χ0v) is 19.5. The number of carbonyl (C=O) groups excluding carboxylic acids is 1. The molecule has 152 valence electrons. The number of halogens is 1. The number of guanidine groups is 1. The lowest BCUT2D eigenvalue weighted by Crippen LogP contribution is -2.37. The van der Waals surface area contributed by atoms with E-state index in [0.717, 1.165) is 42.6 Å². The summed E-state index contributed by atoms with van der Waals surface area (Å²) in [5, 5.41) is 9.88. The van der Waals surface area contributed by atoms with Gasteiger partial charge in [-0.15, -0.1) is 35.3 Å². The quantitative estimate of drug-likeness (QED) is 0.339. The Kier molecular flexibility index (Phi) is 9.17. The van der Waals surface area contributed by atoms with Gasteiger partial charge in [0.05, 0.1) is 10.7 Å². The van der Waals surface area contributed by atoms with E-state index < -0.39 is 0 Å². The third-order valence-corrected chi connectivity index (χ3v) is 5.38. The predicted molar refractivity (Wildman–Crippen MR) is 125 cm³/mol. The zero-order valence-electron chi connectivity index (χ0n) is 16.4. The highest BCUT2D eigenvalue weighted by Crippen LogP contribution is 2.15. The summed E-state index contributed by atoms with van der Waals surface area (Å²) in [5.41, 5.74) is 3.47. The Morgan fingerprint density at radius 3 is 2.82 bits per heavy atom. The van der Waals surface area contributed by atoms with Crippen LogP contribution in [-0.2, 0) is 24.3 Å². The minimum absolute atomic E-state index is 0. The number of amides is 1. The molecule has 0 unspecified atom stereocenters. The molecule has 1 amide bonds. The highest BCUT2D eigenvalue weighted by atomic mass is 127. The van der Waals surface area contributed by atoms with E-state index >= 15 is 0 Å². The Morgan fingerprint density at radius 2 is 2.14 bits per heavy atom. The van der Waals surface area contributed by atoms with E-state index in [4.69, 9.17) is 0 Å². The van der Waals surface area contributed by atoms with Gasteiger partial charge in [-0.2, -0.15) is 0 Å². The Hall–Kier alpha value is -1.68. The fourth-order valence-corrected chi connectivity index (χ4v) is 3.82. The molecule has 3 rings (SSSR count). The molecule has 1 aromatic carbocycles. The van der Waals surface area contributed by atoms with E-state index in [2.05, 4.69) is 44.2 Å². The lowest BCUT2D eigenvalue weighted by atomic mass is 10.1. The SMILES string of the molecule is CN=C(NCCc1csc(C)n1)NCc1cccc(CN2CCCC2=O)c1.I. The average molecular weight is 513 g/mol. The molecule has 1 aliphatic heterocycles. The van der Waals surface area contributed by atoms with Gasteiger partial charge in [-0.1, -0.05) is 24.3 Å². The molecule has 0 aliphatic carbocycles. The van der Waals surface area contributed by atoms with Gasteiger partial charge >= 0.3 is 0 Å². The molecule has 2 aromatic rings. The van der Waals surface area contributed by atoms with Gasteiger partial charge in [0.25, 0.3) is 0 Å². The maximum absolute atomic E-state index is 11.8. The monoisotopic (exact) mass is 513 g/mol. The molecule has 6 nitrogen and oxygen atoms in total. The van der Waals surface area contributed by atoms with Crippen LogP contribution in [0.5, 0.6) is 0 Å². The smallest absolute Gasteiger partial charge is 0.222 e. The summed E-state index contributed by atoms with van der Waals surface area (Å²) in [6, 6.07) is 8.38. The number of carbonyl (C=O) groups is 1. The van der Waals surface area contributed by atoms with Crippen LogP contribution < -0.4 is 10.6 Å². The zero-order chi connectivity index (χ0) is 19.1. The maximum atomic E-state index is 11.8. The van der Waals surface area contributed by atoms with Gasteiger partial charge in [0, 0.05) is 51.4 Å². The normalized spacial score (nSPS) is 14.1. The highest BCUT2D eigenvalue weighted by Gasteiger charge is 2.19. The van der Waals surface area contributed by atoms with Crippen LogP contribution in [0.1, 0.15) is 34.7 Å². The number of hydrogen-bond donors (Lipinski definition) is 2. The first-order valence-electron chi connectivity index (χ1n) is 9.35. The van der Waals surface area contributed by atoms with Crippen molar-refractivity contribution in [3.05, 3.63) is 51.5 Å². The van der Waals surface area contributed by atoms with Crippen molar-refractivity contribution in [2.24, 2.45) is 4.99 Å². The van der Waals surface area contributed by atoms with Crippen LogP contribution in [0.4, 0.5) is 0 Å². The summed E-state index contributed by atoms with van der Waals surface area (Å²) in [5.74, 6) is 1.04. The van der Waals surface area contributed by atoms with Gasteiger partial charge in [0.15, 0.2) is 5.96 Å². The van der Waals surface area contributed by atoms with Gasteiger partial charge in [0.1, 0.15) is 0 Å². The summed E-state index contributed by atoms with van der Waals surface area (Å²) in [4.78, 5) is 22.5. The first-order valence-corrected chi connectivity index (χ1v) is 10.2. The fraction of sp³-hybridized carbons (Fsp3) is 0.450. The van der Waals surface area contributed by atoms with E-state index in [1.165, 1.54) is 11.1 Å². The van der Waals surface area contributed by atoms with Gasteiger partial charge in [-0.3, -0.25) is 9.79 Å². The third-order valence-electron chi connectivity index (χ3n) is 4.56. The standard InChI is InChI=1S/C20H27N5OS.HI/c1-15-24-18(14-27-15)8-9-22-20(21-2)23-12-16-5-3-6-17(11-16)13-25-10-4-7-19(25)26;/h3,5-6,11,14H,4,7-10,12-13H2,1-2H3,(H2,21,22,23);1H. The van der Waals surface area contributed by atoms with Gasteiger partial charge in [0.2, 0.25) is 5.91 Å². The summed E-state index contributed by atoms with van der Waals surface area (Å²) >= 11 is 1.68. The van der Waals surface area contributed by atoms with E-state index in [1.54, 1.807) is 18.4 Å². The number of aliphatic imine (C=N–C) groups is 1. The van der Waals surface area contributed by atoms with Crippen LogP contribution in [-0.4, -0.2) is 41.9 Å². The number of rotatable bonds is 7. The molecule has 0 spiro atoms. The molecule has 2 heterocycles. The van der Waals surface area contributed by atoms with Crippen molar-refractivity contribution in [3.63, 3.8) is 0 Å². The summed E-state index contributed by atoms with van der Waals surface area (Å²) in [7, 11) is 1.78. The molecule has 0 saturated carbocycles. The first-order chi connectivity index (χ1) is 13.1. The maximum Gasteiger partial charge on any atom is 0.222 e. The molecule has 0 atom stereocenters. The molecular formula is C20H28IN5OS. The van der Waals surface area contributed by atoms with Crippen molar-refractivity contribution in [2.75, 3.05) is 20.1 Å². The van der Waals surface area contributed by atoms with Crippen molar-refractivity contribution in [1.29, 1.82) is 0 Å². The molecule has 1 fully saturated rings. The molecule has 28 heavy (non-hydrogen) atoms. The van der Waals surface area contributed by atoms with Gasteiger partial charge < -0.3 is 15.5 Å². The van der Waals surface area contributed by atoms with Crippen molar-refractivity contribution in [2.45, 2.75) is 39.3 Å². The number of aryl methyl sites for hydroxylation is 1. The number of thiazole rings is 1. The molecule has 2 N–H and O–H groups in total. The molecule has 8 heteroatoms. The van der Waals surface area contributed by atoms with Gasteiger partial charge in [-0.05, 0) is 24.5 Å². The Labute approximate surface area is 187 Å². The fourth-order valence-electron chi connectivity index (χ4n) is 3.17. The van der Waals surface area contributed by atoms with Crippen LogP contribution in [0.15, 0.2) is 34.6 Å². The first kappa shape index (κ1) is 22.6. The lowest BCUT2D eigenvalue weighted by molar-refractivity contribution is -0.128. The van der Waals surface area contributed by atoms with Crippen molar-refractivity contribution >= 4 is 47.2 Å². The number of aromatic nitrogens is 1. The molecule has 0 radical (unpaired) electrons. The third kappa shape index (κ3) is 6.73. The minimum Gasteiger partial charge on any atom is -0.356 e. The van der Waals surface area contributed by atoms with Gasteiger partial charge in [-0.25, -0.2) is 4.98 Å². The summed E-state index contributed by atoms with van der Waals surface area (Å²) in [6.45, 7) is 5.08. The largest absolute Gasteiger partial charge is 0.356 e. The number of hydrogen-bond acceptors (Lipinski definition) is 4. The average Bonchev–Trinajstić information content (AvgIpc) is 3.26. The van der Waals surface area contributed by atoms with Crippen molar-refractivity contribution in [3.8, 4) is 0 Å². The van der Waals surface area contributed by atoms with Crippen LogP contribution in [0.2, 0.25) is 0 Å². The number of nitrogens with one attached hydrogen (secondary N) is 2. The van der Waals surface area contributed by atoms with Crippen molar-refractivity contribution < 1.29 is 4.79 Å². The van der Waals surface area contributed by atoms with Crippen LogP contribution in [0.25, 0.3) is 0 Å². The van der Waals surface area contributed by atoms with E-state index in [-0.39, 0.29) is 29.9 Å².